The number of rotatable bonds is 32. The van der Waals surface area contributed by atoms with Crippen LogP contribution in [0.5, 0.6) is 17.2 Å². The Hall–Kier alpha value is -3.31. The van der Waals surface area contributed by atoms with Crippen LogP contribution in [0.1, 0.15) is 169 Å². The zero-order valence-electron chi connectivity index (χ0n) is 39.4. The van der Waals surface area contributed by atoms with Gasteiger partial charge in [0, 0.05) is 29.2 Å². The molecule has 0 atom stereocenters. The molecule has 0 radical (unpaired) electrons. The summed E-state index contributed by atoms with van der Waals surface area (Å²) in [6.07, 6.45) is 16.2. The van der Waals surface area contributed by atoms with Crippen LogP contribution in [0.4, 0.5) is 0 Å². The van der Waals surface area contributed by atoms with Crippen molar-refractivity contribution in [2.75, 3.05) is 67.6 Å². The summed E-state index contributed by atoms with van der Waals surface area (Å²) in [7, 11) is 7.69. The summed E-state index contributed by atoms with van der Waals surface area (Å²) < 4.78 is 17.9. The van der Waals surface area contributed by atoms with Gasteiger partial charge in [-0.1, -0.05) is 65.4 Å². The van der Waals surface area contributed by atoms with Crippen LogP contribution in [0.2, 0.25) is 0 Å². The molecule has 59 heavy (non-hydrogen) atoms. The fourth-order valence-electron chi connectivity index (χ4n) is 6.63. The zero-order valence-corrected chi connectivity index (χ0v) is 39.4. The molecule has 0 saturated heterocycles. The summed E-state index contributed by atoms with van der Waals surface area (Å²) in [5, 5.41) is 12.3. The van der Waals surface area contributed by atoms with E-state index in [1.54, 1.807) is 20.8 Å². The van der Waals surface area contributed by atoms with Crippen molar-refractivity contribution in [2.45, 2.75) is 151 Å². The predicted octanol–water partition coefficient (Wildman–Crippen LogP) is 9.86. The molecule has 0 fully saturated rings. The number of carbonyl (C=O) groups is 3. The fraction of sp³-hybridized carbons (Fsp3) is 0.694. The molecule has 0 aliphatic rings. The Kier molecular flexibility index (Phi) is 34.5. The van der Waals surface area contributed by atoms with Gasteiger partial charge in [-0.25, -0.2) is 0 Å². The minimum absolute atomic E-state index is 0.0385. The van der Waals surface area contributed by atoms with Gasteiger partial charge in [-0.2, -0.15) is 0 Å². The smallest absolute Gasteiger partial charge is 0.163 e. The molecule has 338 valence electrons. The molecule has 10 heteroatoms. The maximum atomic E-state index is 12.4. The second-order valence-electron chi connectivity index (χ2n) is 15.5. The Morgan fingerprint density at radius 1 is 0.576 bits per heavy atom. The van der Waals surface area contributed by atoms with Gasteiger partial charge in [-0.05, 0) is 157 Å². The summed E-state index contributed by atoms with van der Waals surface area (Å²) in [6, 6.07) is 7.70. The number of hydrogen-bond donors (Lipinski definition) is 4. The van der Waals surface area contributed by atoms with E-state index in [2.05, 4.69) is 49.0 Å². The summed E-state index contributed by atoms with van der Waals surface area (Å²) in [4.78, 5) is 35.2. The van der Waals surface area contributed by atoms with Crippen LogP contribution < -0.4 is 35.5 Å². The lowest BCUT2D eigenvalue weighted by molar-refractivity contribution is -0.121. The number of nitrogens with one attached hydrogen (secondary N) is 4. The predicted molar refractivity (Wildman–Crippen MR) is 248 cm³/mol. The normalized spacial score (nSPS) is 10.7. The Labute approximate surface area is 360 Å². The largest absolute Gasteiger partial charge is 0.493 e. The van der Waals surface area contributed by atoms with E-state index in [9.17, 15) is 14.4 Å². The average molecular weight is 827 g/mol. The van der Waals surface area contributed by atoms with E-state index in [1.165, 1.54) is 25.7 Å². The highest BCUT2D eigenvalue weighted by molar-refractivity contribution is 5.97. The first-order valence-electron chi connectivity index (χ1n) is 22.8. The number of unbranched alkanes of at least 4 members (excludes halogenated alkanes) is 6. The standard InChI is InChI=1S/C24H40O3.C14H22N2O2.C11H24N2O/c1-6-9-12-15-21-22(20(5)25)18-23(26-16-13-10-7-2)19(4)24(21)27-17-14-11-8-3;1-11(17)13-9-12(10-16-3)5-6-14(13)18-8-4-7-15-2;1-10(14)11(6-4-8-12-2)7-5-9-13-3/h18H,6-17H2,1-5H3;5-6,9,15-16H,4,7-8,10H2,1-3H3;11-13H,4-9H2,1-3H3. The quantitative estimate of drug-likeness (QED) is 0.0418. The summed E-state index contributed by atoms with van der Waals surface area (Å²) in [5.41, 5.74) is 4.63. The van der Waals surface area contributed by atoms with Gasteiger partial charge in [0.1, 0.15) is 23.0 Å². The summed E-state index contributed by atoms with van der Waals surface area (Å²) in [5.74, 6) is 3.13. The van der Waals surface area contributed by atoms with E-state index in [0.717, 1.165) is 131 Å². The van der Waals surface area contributed by atoms with Gasteiger partial charge in [0.05, 0.1) is 25.4 Å². The van der Waals surface area contributed by atoms with Crippen LogP contribution in [-0.4, -0.2) is 85.0 Å². The van der Waals surface area contributed by atoms with Gasteiger partial charge in [0.2, 0.25) is 0 Å². The molecule has 2 aromatic rings. The van der Waals surface area contributed by atoms with E-state index < -0.39 is 0 Å². The van der Waals surface area contributed by atoms with Gasteiger partial charge in [0.15, 0.2) is 11.6 Å². The Morgan fingerprint density at radius 3 is 1.59 bits per heavy atom. The number of Topliss-reactive ketones (excluding diaryl/α,β-unsaturated/α-hetero) is 3. The molecule has 0 unspecified atom stereocenters. The Morgan fingerprint density at radius 2 is 1.08 bits per heavy atom. The average Bonchev–Trinajstić information content (AvgIpc) is 3.21. The van der Waals surface area contributed by atoms with Crippen molar-refractivity contribution in [3.05, 3.63) is 52.1 Å². The van der Waals surface area contributed by atoms with Crippen LogP contribution in [0.3, 0.4) is 0 Å². The highest BCUT2D eigenvalue weighted by atomic mass is 16.5. The molecule has 4 N–H and O–H groups in total. The number of benzene rings is 2. The monoisotopic (exact) mass is 827 g/mol. The van der Waals surface area contributed by atoms with Crippen LogP contribution in [0.15, 0.2) is 24.3 Å². The Balaban J connectivity index is 0.000000912. The maximum Gasteiger partial charge on any atom is 0.163 e. The third-order valence-electron chi connectivity index (χ3n) is 10.2. The molecule has 10 nitrogen and oxygen atoms in total. The maximum absolute atomic E-state index is 12.4. The SMILES string of the molecule is CCCCCOc1cc(C(C)=O)c(CCCCC)c(OCCCCC)c1C.CNCCCC(CCCNC)C(C)=O.CNCCCOc1ccc(CNC)cc1C(C)=O. The minimum atomic E-state index is 0.0385. The first kappa shape index (κ1) is 55.7. The fourth-order valence-corrected chi connectivity index (χ4v) is 6.63. The van der Waals surface area contributed by atoms with Crippen molar-refractivity contribution in [1.82, 2.24) is 21.3 Å². The third-order valence-corrected chi connectivity index (χ3v) is 10.2. The number of carbonyl (C=O) groups excluding carboxylic acids is 3. The third kappa shape index (κ3) is 25.2. The first-order chi connectivity index (χ1) is 28.5. The van der Waals surface area contributed by atoms with Crippen molar-refractivity contribution in [3.63, 3.8) is 0 Å². The lowest BCUT2D eigenvalue weighted by Gasteiger charge is -2.20. The molecule has 2 rings (SSSR count). The lowest BCUT2D eigenvalue weighted by atomic mass is 9.94. The lowest BCUT2D eigenvalue weighted by Crippen LogP contribution is -2.17. The highest BCUT2D eigenvalue weighted by Gasteiger charge is 2.20. The van der Waals surface area contributed by atoms with Crippen molar-refractivity contribution in [3.8, 4) is 17.2 Å². The van der Waals surface area contributed by atoms with Crippen LogP contribution in [-0.2, 0) is 17.8 Å². The van der Waals surface area contributed by atoms with E-state index in [-0.39, 0.29) is 17.5 Å². The highest BCUT2D eigenvalue weighted by Crippen LogP contribution is 2.37. The topological polar surface area (TPSA) is 127 Å². The van der Waals surface area contributed by atoms with Crippen molar-refractivity contribution < 1.29 is 28.6 Å². The number of hydrogen-bond acceptors (Lipinski definition) is 10. The van der Waals surface area contributed by atoms with E-state index >= 15 is 0 Å². The molecule has 0 heterocycles. The van der Waals surface area contributed by atoms with E-state index in [0.29, 0.717) is 36.9 Å². The van der Waals surface area contributed by atoms with Crippen molar-refractivity contribution in [1.29, 1.82) is 0 Å². The van der Waals surface area contributed by atoms with Crippen LogP contribution in [0, 0.1) is 12.8 Å². The first-order valence-corrected chi connectivity index (χ1v) is 22.8. The second kappa shape index (κ2) is 36.5. The van der Waals surface area contributed by atoms with Gasteiger partial charge in [-0.15, -0.1) is 0 Å². The molecule has 0 aliphatic heterocycles. The van der Waals surface area contributed by atoms with Crippen LogP contribution in [0.25, 0.3) is 0 Å². The molecule has 0 saturated carbocycles. The molecule has 0 spiro atoms. The summed E-state index contributed by atoms with van der Waals surface area (Å²) >= 11 is 0. The molecular formula is C49H86N4O6. The molecule has 0 bridgehead atoms. The molecule has 2 aromatic carbocycles. The molecule has 0 amide bonds. The van der Waals surface area contributed by atoms with Crippen molar-refractivity contribution >= 4 is 17.3 Å². The van der Waals surface area contributed by atoms with Gasteiger partial charge >= 0.3 is 0 Å². The van der Waals surface area contributed by atoms with Crippen LogP contribution >= 0.6 is 0 Å². The molecule has 0 aromatic heterocycles. The number of ether oxygens (including phenoxy) is 3. The van der Waals surface area contributed by atoms with E-state index in [4.69, 9.17) is 14.2 Å². The van der Waals surface area contributed by atoms with E-state index in [1.807, 2.05) is 52.5 Å². The molecule has 0 aliphatic carbocycles. The molecular weight excluding hydrogens is 741 g/mol. The second-order valence-corrected chi connectivity index (χ2v) is 15.5. The van der Waals surface area contributed by atoms with Crippen molar-refractivity contribution in [2.24, 2.45) is 5.92 Å². The number of ketones is 3. The minimum Gasteiger partial charge on any atom is -0.493 e. The van der Waals surface area contributed by atoms with Gasteiger partial charge < -0.3 is 35.5 Å². The van der Waals surface area contributed by atoms with Gasteiger partial charge in [-0.3, -0.25) is 14.4 Å². The summed E-state index contributed by atoms with van der Waals surface area (Å²) in [6.45, 7) is 19.3. The Bertz CT molecular complexity index is 1410. The zero-order chi connectivity index (χ0) is 44.3. The van der Waals surface area contributed by atoms with Gasteiger partial charge in [0.25, 0.3) is 0 Å².